The van der Waals surface area contributed by atoms with Crippen molar-refractivity contribution in [3.63, 3.8) is 0 Å². The van der Waals surface area contributed by atoms with Crippen LogP contribution in [0.3, 0.4) is 0 Å². The number of hydrogen-bond donors (Lipinski definition) is 0. The van der Waals surface area contributed by atoms with Gasteiger partial charge < -0.3 is 0 Å². The van der Waals surface area contributed by atoms with Crippen LogP contribution in [-0.4, -0.2) is 28.2 Å². The number of aromatic nitrogens is 2. The Hall–Kier alpha value is -0.721. The first kappa shape index (κ1) is 22.6. The van der Waals surface area contributed by atoms with Gasteiger partial charge in [-0.15, -0.1) is 0 Å². The fourth-order valence-electron chi connectivity index (χ4n) is 4.11. The van der Waals surface area contributed by atoms with Crippen LogP contribution in [0, 0.1) is 0 Å². The van der Waals surface area contributed by atoms with Gasteiger partial charge in [0, 0.05) is 0 Å². The van der Waals surface area contributed by atoms with Crippen molar-refractivity contribution in [3.8, 4) is 0 Å². The van der Waals surface area contributed by atoms with Crippen LogP contribution < -0.4 is 3.71 Å². The summed E-state index contributed by atoms with van der Waals surface area (Å²) in [6.07, 6.45) is 2.60. The molecule has 0 bridgehead atoms. The van der Waals surface area contributed by atoms with Crippen molar-refractivity contribution in [2.24, 2.45) is 7.05 Å². The molecule has 0 spiro atoms. The zero-order chi connectivity index (χ0) is 20.1. The Kier molecular flexibility index (Phi) is 8.07. The first-order valence-electron chi connectivity index (χ1n) is 10.3. The van der Waals surface area contributed by atoms with Crippen molar-refractivity contribution in [1.82, 2.24) is 9.78 Å². The number of alkyl halides is 3. The molecule has 152 valence electrons. The Labute approximate surface area is 165 Å². The van der Waals surface area contributed by atoms with Crippen LogP contribution in [0.15, 0.2) is 18.2 Å². The molecule has 0 N–H and O–H groups in total. The SMILES string of the molecule is CCC[CH2][Sn]([CH2]CCC)([CH2]CCC)[c]1nn(C)c2ccc(C(F)(F)F)cc12. The van der Waals surface area contributed by atoms with Gasteiger partial charge in [-0.05, 0) is 0 Å². The summed E-state index contributed by atoms with van der Waals surface area (Å²) in [7, 11) is 1.87. The third-order valence-corrected chi connectivity index (χ3v) is 20.9. The number of benzene rings is 1. The van der Waals surface area contributed by atoms with E-state index in [0.29, 0.717) is 0 Å². The van der Waals surface area contributed by atoms with E-state index in [0.717, 1.165) is 33.9 Å². The Morgan fingerprint density at radius 3 is 1.89 bits per heavy atom. The number of rotatable bonds is 10. The summed E-state index contributed by atoms with van der Waals surface area (Å²) in [4.78, 5) is 0. The van der Waals surface area contributed by atoms with E-state index in [1.807, 2.05) is 7.05 Å². The first-order chi connectivity index (χ1) is 12.8. The van der Waals surface area contributed by atoms with Crippen molar-refractivity contribution in [2.45, 2.75) is 78.8 Å². The monoisotopic (exact) mass is 490 g/mol. The average molecular weight is 489 g/mol. The van der Waals surface area contributed by atoms with E-state index in [9.17, 15) is 13.2 Å². The molecule has 1 aromatic heterocycles. The molecule has 27 heavy (non-hydrogen) atoms. The molecule has 0 unspecified atom stereocenters. The van der Waals surface area contributed by atoms with Crippen molar-refractivity contribution >= 4 is 33.0 Å². The molecule has 2 rings (SSSR count). The third-order valence-electron chi connectivity index (χ3n) is 5.71. The Balaban J connectivity index is 2.65. The summed E-state index contributed by atoms with van der Waals surface area (Å²) in [5.74, 6) is 0. The van der Waals surface area contributed by atoms with Gasteiger partial charge in [-0.1, -0.05) is 0 Å². The van der Waals surface area contributed by atoms with Gasteiger partial charge in [0.05, 0.1) is 0 Å². The molecule has 1 aromatic carbocycles. The molecule has 0 aliphatic rings. The quantitative estimate of drug-likeness (QED) is 0.342. The van der Waals surface area contributed by atoms with Gasteiger partial charge in [-0.3, -0.25) is 0 Å². The molecule has 0 atom stereocenters. The van der Waals surface area contributed by atoms with Crippen LogP contribution in [0.5, 0.6) is 0 Å². The number of aryl methyl sites for hydroxylation is 1. The summed E-state index contributed by atoms with van der Waals surface area (Å²) >= 11 is -2.89. The fourth-order valence-corrected chi connectivity index (χ4v) is 20.3. The second kappa shape index (κ2) is 9.66. The number of nitrogens with zero attached hydrogens (tertiary/aromatic N) is 2. The van der Waals surface area contributed by atoms with Crippen molar-refractivity contribution in [1.29, 1.82) is 0 Å². The summed E-state index contributed by atoms with van der Waals surface area (Å²) in [5, 5.41) is 5.66. The topological polar surface area (TPSA) is 17.8 Å². The normalized spacial score (nSPS) is 12.9. The van der Waals surface area contributed by atoms with Crippen molar-refractivity contribution < 1.29 is 13.2 Å². The summed E-state index contributed by atoms with van der Waals surface area (Å²) in [6, 6.07) is 4.16. The molecule has 0 saturated carbocycles. The van der Waals surface area contributed by atoms with E-state index in [1.165, 1.54) is 44.7 Å². The number of fused-ring (bicyclic) bond motifs is 1. The Morgan fingerprint density at radius 2 is 1.44 bits per heavy atom. The third kappa shape index (κ3) is 5.21. The maximum absolute atomic E-state index is 13.3. The zero-order valence-electron chi connectivity index (χ0n) is 17.1. The molecule has 0 aliphatic carbocycles. The fraction of sp³-hybridized carbons (Fsp3) is 0.667. The molecule has 0 fully saturated rings. The van der Waals surface area contributed by atoms with Gasteiger partial charge >= 0.3 is 166 Å². The molecule has 6 heteroatoms. The molecule has 2 nitrogen and oxygen atoms in total. The van der Waals surface area contributed by atoms with Gasteiger partial charge in [0.2, 0.25) is 0 Å². The van der Waals surface area contributed by atoms with Gasteiger partial charge in [-0.25, -0.2) is 0 Å². The van der Waals surface area contributed by atoms with Crippen molar-refractivity contribution in [3.05, 3.63) is 23.8 Å². The molecule has 1 heterocycles. The molecular weight excluding hydrogens is 456 g/mol. The predicted molar refractivity (Wildman–Crippen MR) is 110 cm³/mol. The molecule has 2 aromatic rings. The standard InChI is InChI=1S/C9H6F3N2.3C4H9.Sn/c1-14-8-3-2-7(9(10,11)12)4-6(8)5-13-14;3*1-3-4-2;/h2-4H,1H3;3*1,3-4H2,2H3;. The molecule has 0 saturated heterocycles. The average Bonchev–Trinajstić information content (AvgIpc) is 2.98. The van der Waals surface area contributed by atoms with E-state index in [-0.39, 0.29) is 0 Å². The van der Waals surface area contributed by atoms with Crippen LogP contribution in [0.1, 0.15) is 64.9 Å². The Morgan fingerprint density at radius 1 is 0.926 bits per heavy atom. The van der Waals surface area contributed by atoms with Gasteiger partial charge in [-0.2, -0.15) is 0 Å². The first-order valence-corrected chi connectivity index (χ1v) is 17.8. The van der Waals surface area contributed by atoms with E-state index in [4.69, 9.17) is 5.10 Å². The number of halogens is 3. The second-order valence-electron chi connectivity index (χ2n) is 7.79. The molecular formula is C21H33F3N2Sn. The summed E-state index contributed by atoms with van der Waals surface area (Å²) in [6.45, 7) is 6.61. The van der Waals surface area contributed by atoms with Crippen LogP contribution >= 0.6 is 0 Å². The predicted octanol–water partition coefficient (Wildman–Crippen LogP) is 6.65. The molecule has 0 amide bonds. The van der Waals surface area contributed by atoms with E-state index >= 15 is 0 Å². The minimum absolute atomic E-state index is 0.550. The second-order valence-corrected chi connectivity index (χ2v) is 20.7. The molecule has 0 aliphatic heterocycles. The van der Waals surface area contributed by atoms with Crippen LogP contribution in [0.4, 0.5) is 13.2 Å². The van der Waals surface area contributed by atoms with Gasteiger partial charge in [0.25, 0.3) is 0 Å². The minimum atomic E-state index is -4.31. The maximum atomic E-state index is 13.3. The van der Waals surface area contributed by atoms with Gasteiger partial charge in [0.1, 0.15) is 0 Å². The van der Waals surface area contributed by atoms with Crippen molar-refractivity contribution in [2.75, 3.05) is 0 Å². The van der Waals surface area contributed by atoms with E-state index < -0.39 is 30.1 Å². The summed E-state index contributed by atoms with van der Waals surface area (Å²) in [5.41, 5.74) is 0.287. The van der Waals surface area contributed by atoms with Gasteiger partial charge in [0.15, 0.2) is 0 Å². The number of hydrogen-bond acceptors (Lipinski definition) is 1. The van der Waals surface area contributed by atoms with E-state index in [1.54, 1.807) is 10.7 Å². The molecule has 0 radical (unpaired) electrons. The van der Waals surface area contributed by atoms with Crippen LogP contribution in [0.25, 0.3) is 10.9 Å². The zero-order valence-corrected chi connectivity index (χ0v) is 20.0. The van der Waals surface area contributed by atoms with Crippen LogP contribution in [-0.2, 0) is 13.2 Å². The number of unbranched alkanes of at least 4 members (excludes halogenated alkanes) is 3. The summed E-state index contributed by atoms with van der Waals surface area (Å²) < 4.78 is 46.5. The van der Waals surface area contributed by atoms with Crippen LogP contribution in [0.2, 0.25) is 13.3 Å². The van der Waals surface area contributed by atoms with E-state index in [2.05, 4.69) is 20.8 Å². The Bertz CT molecular complexity index is 715.